The minimum absolute atomic E-state index is 0.0655. The van der Waals surface area contributed by atoms with Crippen LogP contribution in [0.3, 0.4) is 0 Å². The highest BCUT2D eigenvalue weighted by atomic mass is 35.5. The first-order valence-corrected chi connectivity index (χ1v) is 18.6. The Morgan fingerprint density at radius 3 is 1.78 bits per heavy atom. The zero-order valence-electron chi connectivity index (χ0n) is 27.8. The molecule has 0 N–H and O–H groups in total. The van der Waals surface area contributed by atoms with E-state index < -0.39 is 46.5 Å². The van der Waals surface area contributed by atoms with E-state index in [1.807, 2.05) is 6.92 Å². The number of unbranched alkanes of at least 4 members (excludes halogenated alkanes) is 1. The standard InChI is InChI=1S/C35H40Cl6O8/c1-5-7-12-20(18(3)6-2)16-46-32(42)26-28(40)22(36)14-24(38)30(26)48-34(44)35(45)49-31-25(39)15-23(37)29(41)27(31)33(43)47-17-21-13-10-8-9-11-19(21)4/h14-15,18-21H,5-13,16-17H2,1-4H3. The van der Waals surface area contributed by atoms with Gasteiger partial charge in [0, 0.05) is 0 Å². The number of hydrogen-bond donors (Lipinski definition) is 0. The van der Waals surface area contributed by atoms with Crippen LogP contribution in [0.25, 0.3) is 0 Å². The van der Waals surface area contributed by atoms with E-state index in [0.29, 0.717) is 5.92 Å². The van der Waals surface area contributed by atoms with Crippen LogP contribution in [0.2, 0.25) is 30.1 Å². The highest BCUT2D eigenvalue weighted by Gasteiger charge is 2.33. The molecule has 1 saturated carbocycles. The Kier molecular flexibility index (Phi) is 16.6. The fraction of sp³-hybridized carbons (Fsp3) is 0.543. The number of halogens is 6. The monoisotopic (exact) mass is 798 g/mol. The summed E-state index contributed by atoms with van der Waals surface area (Å²) in [6.45, 7) is 8.46. The maximum absolute atomic E-state index is 13.3. The van der Waals surface area contributed by atoms with Crippen molar-refractivity contribution in [2.45, 2.75) is 85.5 Å². The smallest absolute Gasteiger partial charge is 0.423 e. The third kappa shape index (κ3) is 11.0. The van der Waals surface area contributed by atoms with Gasteiger partial charge in [0.05, 0.1) is 43.3 Å². The predicted molar refractivity (Wildman–Crippen MR) is 193 cm³/mol. The molecule has 0 spiro atoms. The van der Waals surface area contributed by atoms with Crippen molar-refractivity contribution in [3.63, 3.8) is 0 Å². The van der Waals surface area contributed by atoms with Gasteiger partial charge in [-0.15, -0.1) is 0 Å². The van der Waals surface area contributed by atoms with Gasteiger partial charge in [-0.3, -0.25) is 0 Å². The Hall–Kier alpha value is -1.94. The first kappa shape index (κ1) is 41.5. The summed E-state index contributed by atoms with van der Waals surface area (Å²) >= 11 is 37.7. The predicted octanol–water partition coefficient (Wildman–Crippen LogP) is 11.5. The Labute approximate surface area is 317 Å². The molecular weight excluding hydrogens is 761 g/mol. The molecule has 0 heterocycles. The van der Waals surface area contributed by atoms with Gasteiger partial charge >= 0.3 is 23.9 Å². The van der Waals surface area contributed by atoms with Gasteiger partial charge in [0.2, 0.25) is 0 Å². The molecule has 0 saturated heterocycles. The second kappa shape index (κ2) is 19.6. The van der Waals surface area contributed by atoms with Gasteiger partial charge in [0.15, 0.2) is 11.5 Å². The molecule has 0 aliphatic heterocycles. The van der Waals surface area contributed by atoms with Crippen molar-refractivity contribution >= 4 is 93.5 Å². The fourth-order valence-corrected chi connectivity index (χ4v) is 7.09. The topological polar surface area (TPSA) is 105 Å². The molecule has 0 amide bonds. The van der Waals surface area contributed by atoms with Gasteiger partial charge in [-0.2, -0.15) is 0 Å². The van der Waals surface area contributed by atoms with Crippen molar-refractivity contribution in [3.8, 4) is 11.5 Å². The van der Waals surface area contributed by atoms with Gasteiger partial charge in [0.1, 0.15) is 11.1 Å². The summed E-state index contributed by atoms with van der Waals surface area (Å²) in [4.78, 5) is 52.8. The molecular formula is C35H40Cl6O8. The normalized spacial score (nSPS) is 17.4. The molecule has 0 aromatic heterocycles. The summed E-state index contributed by atoms with van der Waals surface area (Å²) in [5, 5.41) is -1.44. The summed E-state index contributed by atoms with van der Waals surface area (Å²) in [6.07, 6.45) is 8.76. The molecule has 3 rings (SSSR count). The average molecular weight is 801 g/mol. The Balaban J connectivity index is 1.85. The van der Waals surface area contributed by atoms with Gasteiger partial charge in [-0.1, -0.05) is 142 Å². The van der Waals surface area contributed by atoms with E-state index in [-0.39, 0.29) is 61.1 Å². The van der Waals surface area contributed by atoms with Crippen molar-refractivity contribution in [1.29, 1.82) is 0 Å². The highest BCUT2D eigenvalue weighted by molar-refractivity contribution is 6.47. The molecule has 1 fully saturated rings. The molecule has 8 nitrogen and oxygen atoms in total. The molecule has 4 unspecified atom stereocenters. The van der Waals surface area contributed by atoms with E-state index in [2.05, 4.69) is 20.8 Å². The lowest BCUT2D eigenvalue weighted by molar-refractivity contribution is -0.156. The van der Waals surface area contributed by atoms with Crippen LogP contribution in [0.1, 0.15) is 106 Å². The number of esters is 4. The fourth-order valence-electron chi connectivity index (χ4n) is 5.65. The number of ether oxygens (including phenoxy) is 4. The SMILES string of the molecule is CCCCC(COC(=O)c1c(Cl)c(Cl)cc(Cl)c1OC(=O)C(=O)Oc1c(Cl)cc(Cl)c(Cl)c1C(=O)OCC1CCCCCC1C)C(C)CC. The number of hydrogen-bond acceptors (Lipinski definition) is 8. The maximum Gasteiger partial charge on any atom is 0.423 e. The number of carbonyl (C=O) groups excluding carboxylic acids is 4. The Morgan fingerprint density at radius 1 is 0.755 bits per heavy atom. The summed E-state index contributed by atoms with van der Waals surface area (Å²) in [5.41, 5.74) is -0.902. The van der Waals surface area contributed by atoms with Gasteiger partial charge in [-0.25, -0.2) is 19.2 Å². The van der Waals surface area contributed by atoms with Crippen molar-refractivity contribution in [3.05, 3.63) is 53.4 Å². The van der Waals surface area contributed by atoms with Crippen LogP contribution in [0.15, 0.2) is 12.1 Å². The lowest BCUT2D eigenvalue weighted by atomic mass is 9.88. The molecule has 1 aliphatic carbocycles. The van der Waals surface area contributed by atoms with E-state index >= 15 is 0 Å². The minimum Gasteiger partial charge on any atom is -0.462 e. The quantitative estimate of drug-likeness (QED) is 0.0648. The number of carbonyl (C=O) groups is 4. The zero-order chi connectivity index (χ0) is 36.4. The molecule has 0 bridgehead atoms. The van der Waals surface area contributed by atoms with Crippen LogP contribution >= 0.6 is 69.6 Å². The van der Waals surface area contributed by atoms with Gasteiger partial charge in [0.25, 0.3) is 0 Å². The summed E-state index contributed by atoms with van der Waals surface area (Å²) in [5.74, 6) is -5.54. The molecule has 2 aromatic rings. The zero-order valence-corrected chi connectivity index (χ0v) is 32.3. The van der Waals surface area contributed by atoms with Crippen LogP contribution in [0.4, 0.5) is 0 Å². The number of rotatable bonds is 13. The second-order valence-corrected chi connectivity index (χ2v) is 14.7. The van der Waals surface area contributed by atoms with Crippen molar-refractivity contribution in [1.82, 2.24) is 0 Å². The van der Waals surface area contributed by atoms with Crippen LogP contribution in [0.5, 0.6) is 11.5 Å². The third-order valence-electron chi connectivity index (χ3n) is 8.99. The van der Waals surface area contributed by atoms with E-state index in [0.717, 1.165) is 69.9 Å². The van der Waals surface area contributed by atoms with Crippen LogP contribution in [-0.2, 0) is 19.1 Å². The molecule has 0 radical (unpaired) electrons. The lowest BCUT2D eigenvalue weighted by Gasteiger charge is -2.23. The molecule has 49 heavy (non-hydrogen) atoms. The molecule has 4 atom stereocenters. The Morgan fingerprint density at radius 2 is 1.27 bits per heavy atom. The summed E-state index contributed by atoms with van der Waals surface area (Å²) < 4.78 is 21.7. The van der Waals surface area contributed by atoms with Crippen molar-refractivity contribution in [2.24, 2.45) is 23.7 Å². The molecule has 2 aromatic carbocycles. The average Bonchev–Trinajstić information content (AvgIpc) is 3.27. The van der Waals surface area contributed by atoms with E-state index in [4.69, 9.17) is 88.6 Å². The van der Waals surface area contributed by atoms with Crippen LogP contribution in [-0.4, -0.2) is 37.1 Å². The van der Waals surface area contributed by atoms with E-state index in [1.54, 1.807) is 0 Å². The lowest BCUT2D eigenvalue weighted by Crippen LogP contribution is -2.28. The van der Waals surface area contributed by atoms with Crippen LogP contribution < -0.4 is 9.47 Å². The van der Waals surface area contributed by atoms with Gasteiger partial charge in [-0.05, 0) is 48.6 Å². The van der Waals surface area contributed by atoms with Crippen molar-refractivity contribution < 1.29 is 38.1 Å². The number of benzene rings is 2. The first-order valence-electron chi connectivity index (χ1n) is 16.3. The highest BCUT2D eigenvalue weighted by Crippen LogP contribution is 2.42. The third-order valence-corrected chi connectivity index (χ3v) is 11.1. The Bertz CT molecular complexity index is 1530. The maximum atomic E-state index is 13.3. The molecule has 1 aliphatic rings. The molecule has 270 valence electrons. The summed E-state index contributed by atoms with van der Waals surface area (Å²) in [7, 11) is 0. The molecule has 14 heteroatoms. The first-order chi connectivity index (χ1) is 23.2. The van der Waals surface area contributed by atoms with E-state index in [1.165, 1.54) is 0 Å². The van der Waals surface area contributed by atoms with E-state index in [9.17, 15) is 19.2 Å². The van der Waals surface area contributed by atoms with Crippen molar-refractivity contribution in [2.75, 3.05) is 13.2 Å². The second-order valence-electron chi connectivity index (χ2n) is 12.4. The summed E-state index contributed by atoms with van der Waals surface area (Å²) in [6, 6.07) is 2.28. The largest absolute Gasteiger partial charge is 0.462 e. The van der Waals surface area contributed by atoms with Crippen LogP contribution in [0, 0.1) is 23.7 Å². The minimum atomic E-state index is -1.64. The van der Waals surface area contributed by atoms with Gasteiger partial charge < -0.3 is 18.9 Å².